The Kier molecular flexibility index (Phi) is 6.99. The highest BCUT2D eigenvalue weighted by molar-refractivity contribution is 14.1. The zero-order chi connectivity index (χ0) is 13.5. The first-order valence-electron chi connectivity index (χ1n) is 5.62. The van der Waals surface area contributed by atoms with E-state index in [1.54, 1.807) is 6.07 Å². The van der Waals surface area contributed by atoms with Crippen molar-refractivity contribution in [1.29, 1.82) is 0 Å². The quantitative estimate of drug-likeness (QED) is 0.311. The van der Waals surface area contributed by atoms with Crippen LogP contribution in [-0.4, -0.2) is 18.1 Å². The summed E-state index contributed by atoms with van der Waals surface area (Å²) in [4.78, 5) is 10.3. The monoisotopic (exact) mass is 384 g/mol. The van der Waals surface area contributed by atoms with Crippen LogP contribution in [0.4, 0.5) is 5.69 Å². The summed E-state index contributed by atoms with van der Waals surface area (Å²) >= 11 is 1.98. The summed E-state index contributed by atoms with van der Waals surface area (Å²) < 4.78 is 11.7. The summed E-state index contributed by atoms with van der Waals surface area (Å²) in [6, 6.07) is 5.12. The number of hydrogen-bond donors (Lipinski definition) is 0. The summed E-state index contributed by atoms with van der Waals surface area (Å²) in [7, 11) is -1.32. The van der Waals surface area contributed by atoms with Crippen LogP contribution in [0.25, 0.3) is 0 Å². The van der Waals surface area contributed by atoms with Crippen molar-refractivity contribution >= 4 is 36.7 Å². The molecule has 0 saturated carbocycles. The van der Waals surface area contributed by atoms with Gasteiger partial charge in [0.25, 0.3) is 14.1 Å². The molecule has 1 aromatic rings. The fourth-order valence-corrected chi connectivity index (χ4v) is 3.70. The molecule has 0 spiro atoms. The molecule has 7 heteroatoms. The van der Waals surface area contributed by atoms with E-state index in [9.17, 15) is 10.1 Å². The summed E-state index contributed by atoms with van der Waals surface area (Å²) in [5.41, 5.74) is 1.15. The second-order valence-corrected chi connectivity index (χ2v) is 6.29. The van der Waals surface area contributed by atoms with Crippen molar-refractivity contribution < 1.29 is 14.0 Å². The number of nitro benzene ring substituents is 1. The van der Waals surface area contributed by atoms with Crippen molar-refractivity contribution in [2.75, 3.05) is 13.2 Å². The van der Waals surface area contributed by atoms with E-state index >= 15 is 0 Å². The minimum absolute atomic E-state index is 0.140. The zero-order valence-electron chi connectivity index (χ0n) is 10.3. The molecule has 0 heterocycles. The molecule has 0 aliphatic rings. The highest BCUT2D eigenvalue weighted by Crippen LogP contribution is 2.42. The lowest BCUT2D eigenvalue weighted by molar-refractivity contribution is -0.385. The molecule has 0 fully saturated rings. The van der Waals surface area contributed by atoms with Crippen LogP contribution in [0.15, 0.2) is 18.2 Å². The van der Waals surface area contributed by atoms with Gasteiger partial charge >= 0.3 is 0 Å². The molecule has 1 rings (SSSR count). The predicted molar refractivity (Wildman–Crippen MR) is 81.1 cm³/mol. The lowest BCUT2D eigenvalue weighted by Crippen LogP contribution is -1.96. The second kappa shape index (κ2) is 7.99. The summed E-state index contributed by atoms with van der Waals surface area (Å²) in [6.07, 6.45) is 0.695. The van der Waals surface area contributed by atoms with Crippen LogP contribution in [-0.2, 0) is 15.2 Å². The minimum Gasteiger partial charge on any atom is -0.258 e. The van der Waals surface area contributed by atoms with Crippen LogP contribution in [0, 0.1) is 13.7 Å². The average molecular weight is 384 g/mol. The van der Waals surface area contributed by atoms with E-state index in [1.807, 2.05) is 42.5 Å². The highest BCUT2D eigenvalue weighted by atomic mass is 127. The van der Waals surface area contributed by atoms with Gasteiger partial charge in [-0.2, -0.15) is 0 Å². The molecule has 0 radical (unpaired) electrons. The number of rotatable bonds is 7. The largest absolute Gasteiger partial charge is 0.282 e. The molecule has 0 N–H and O–H groups in total. The Morgan fingerprint density at radius 3 is 2.39 bits per heavy atom. The predicted octanol–water partition coefficient (Wildman–Crippen LogP) is 3.82. The van der Waals surface area contributed by atoms with Crippen molar-refractivity contribution in [1.82, 2.24) is 0 Å². The Morgan fingerprint density at radius 2 is 1.94 bits per heavy atom. The van der Waals surface area contributed by atoms with E-state index in [-0.39, 0.29) is 10.6 Å². The third kappa shape index (κ3) is 4.76. The molecule has 0 aliphatic heterocycles. The standard InChI is InChI=1S/C11H15INO4P/c1-3-16-18(17-4-2)8-9-5-6-11(13(14)15)10(12)7-9/h5-7H,3-4,8H2,1-2H3/p+1. The number of nitrogens with zero attached hydrogens (tertiary/aromatic N) is 1. The Balaban J connectivity index is 2.77. The minimum atomic E-state index is -1.32. The SMILES string of the molecule is CCO[PH+](Cc1ccc([N+](=O)[O-])c(I)c1)OCC. The van der Waals surface area contributed by atoms with E-state index in [4.69, 9.17) is 9.05 Å². The summed E-state index contributed by atoms with van der Waals surface area (Å²) in [6.45, 7) is 5.11. The molecule has 0 amide bonds. The first-order valence-corrected chi connectivity index (χ1v) is 8.23. The Hall–Kier alpha value is -0.300. The van der Waals surface area contributed by atoms with Gasteiger partial charge in [0.1, 0.15) is 6.16 Å². The van der Waals surface area contributed by atoms with Crippen molar-refractivity contribution in [2.24, 2.45) is 0 Å². The molecule has 100 valence electrons. The topological polar surface area (TPSA) is 61.6 Å². The van der Waals surface area contributed by atoms with Crippen LogP contribution in [0.3, 0.4) is 0 Å². The zero-order valence-corrected chi connectivity index (χ0v) is 13.5. The Morgan fingerprint density at radius 1 is 1.33 bits per heavy atom. The van der Waals surface area contributed by atoms with Gasteiger partial charge in [0, 0.05) is 6.07 Å². The van der Waals surface area contributed by atoms with Gasteiger partial charge in [-0.05, 0) is 54.1 Å². The van der Waals surface area contributed by atoms with E-state index in [0.29, 0.717) is 22.9 Å². The van der Waals surface area contributed by atoms with Crippen molar-refractivity contribution in [2.45, 2.75) is 20.0 Å². The number of benzene rings is 1. The molecular weight excluding hydrogens is 368 g/mol. The van der Waals surface area contributed by atoms with Crippen LogP contribution in [0.1, 0.15) is 19.4 Å². The van der Waals surface area contributed by atoms with Crippen LogP contribution < -0.4 is 0 Å². The van der Waals surface area contributed by atoms with E-state index in [2.05, 4.69) is 0 Å². The smallest absolute Gasteiger partial charge is 0.258 e. The molecule has 5 nitrogen and oxygen atoms in total. The van der Waals surface area contributed by atoms with Crippen molar-refractivity contribution in [3.05, 3.63) is 37.4 Å². The van der Waals surface area contributed by atoms with Gasteiger partial charge in [0.2, 0.25) is 0 Å². The molecule has 1 aromatic carbocycles. The van der Waals surface area contributed by atoms with Gasteiger partial charge in [0.05, 0.1) is 21.7 Å². The molecule has 0 aromatic heterocycles. The summed E-state index contributed by atoms with van der Waals surface area (Å²) in [5, 5.41) is 10.7. The van der Waals surface area contributed by atoms with E-state index in [0.717, 1.165) is 5.56 Å². The fraction of sp³-hybridized carbons (Fsp3) is 0.455. The van der Waals surface area contributed by atoms with Gasteiger partial charge in [-0.1, -0.05) is 0 Å². The summed E-state index contributed by atoms with van der Waals surface area (Å²) in [5.74, 6) is 0. The molecule has 0 unspecified atom stereocenters. The third-order valence-electron chi connectivity index (χ3n) is 2.17. The van der Waals surface area contributed by atoms with Crippen LogP contribution in [0.2, 0.25) is 0 Å². The number of halogens is 1. The molecule has 0 atom stereocenters. The van der Waals surface area contributed by atoms with Crippen LogP contribution >= 0.6 is 31.0 Å². The van der Waals surface area contributed by atoms with Gasteiger partial charge in [-0.3, -0.25) is 10.1 Å². The molecule has 18 heavy (non-hydrogen) atoms. The van der Waals surface area contributed by atoms with E-state index < -0.39 is 8.38 Å². The highest BCUT2D eigenvalue weighted by Gasteiger charge is 2.20. The average Bonchev–Trinajstić information content (AvgIpc) is 2.29. The second-order valence-electron chi connectivity index (χ2n) is 3.46. The first-order chi connectivity index (χ1) is 8.58. The lowest BCUT2D eigenvalue weighted by atomic mass is 10.2. The van der Waals surface area contributed by atoms with Gasteiger partial charge < -0.3 is 0 Å². The molecule has 0 saturated heterocycles. The van der Waals surface area contributed by atoms with Gasteiger partial charge in [-0.25, -0.2) is 9.05 Å². The maximum Gasteiger partial charge on any atom is 0.282 e. The Bertz CT molecular complexity index is 410. The maximum absolute atomic E-state index is 10.7. The van der Waals surface area contributed by atoms with Crippen molar-refractivity contribution in [3.8, 4) is 0 Å². The maximum atomic E-state index is 10.7. The molecule has 0 bridgehead atoms. The fourth-order valence-electron chi connectivity index (χ4n) is 1.44. The normalized spacial score (nSPS) is 10.9. The molecule has 0 aliphatic carbocycles. The van der Waals surface area contributed by atoms with Gasteiger partial charge in [0.15, 0.2) is 0 Å². The van der Waals surface area contributed by atoms with Gasteiger partial charge in [-0.15, -0.1) is 0 Å². The number of nitro groups is 1. The third-order valence-corrected chi connectivity index (χ3v) is 4.95. The van der Waals surface area contributed by atoms with E-state index in [1.165, 1.54) is 6.07 Å². The van der Waals surface area contributed by atoms with Crippen LogP contribution in [0.5, 0.6) is 0 Å². The van der Waals surface area contributed by atoms with Crippen molar-refractivity contribution in [3.63, 3.8) is 0 Å². The Labute approximate surface area is 121 Å². The molecular formula is C11H16INO4P+. The number of hydrogen-bond acceptors (Lipinski definition) is 4. The first kappa shape index (κ1) is 15.8. The lowest BCUT2D eigenvalue weighted by Gasteiger charge is -2.07.